The van der Waals surface area contributed by atoms with Gasteiger partial charge in [-0.25, -0.2) is 0 Å². The van der Waals surface area contributed by atoms with Gasteiger partial charge in [0.1, 0.15) is 5.76 Å². The Kier molecular flexibility index (Phi) is 6.14. The van der Waals surface area contributed by atoms with Gasteiger partial charge in [-0.3, -0.25) is 9.79 Å². The fourth-order valence-electron chi connectivity index (χ4n) is 2.93. The van der Waals surface area contributed by atoms with E-state index in [1.54, 1.807) is 13.3 Å². The van der Waals surface area contributed by atoms with Crippen LogP contribution in [0.4, 0.5) is 5.69 Å². The maximum absolute atomic E-state index is 12.4. The molecule has 138 valence electrons. The molecule has 1 amide bonds. The molecular formula is C19H25N5O2. The number of amides is 1. The highest BCUT2D eigenvalue weighted by Gasteiger charge is 2.21. The van der Waals surface area contributed by atoms with Crippen molar-refractivity contribution in [3.8, 4) is 0 Å². The van der Waals surface area contributed by atoms with Crippen LogP contribution in [0.3, 0.4) is 0 Å². The summed E-state index contributed by atoms with van der Waals surface area (Å²) < 4.78 is 5.27. The molecule has 0 bridgehead atoms. The number of aliphatic imine (C=N–C) groups is 1. The Morgan fingerprint density at radius 3 is 2.50 bits per heavy atom. The Balaban J connectivity index is 1.41. The van der Waals surface area contributed by atoms with Gasteiger partial charge in [-0.2, -0.15) is 0 Å². The van der Waals surface area contributed by atoms with Crippen LogP contribution in [-0.4, -0.2) is 56.5 Å². The van der Waals surface area contributed by atoms with E-state index < -0.39 is 0 Å². The molecule has 1 saturated heterocycles. The van der Waals surface area contributed by atoms with Crippen molar-refractivity contribution in [3.63, 3.8) is 0 Å². The number of benzene rings is 1. The number of piperazine rings is 1. The summed E-state index contributed by atoms with van der Waals surface area (Å²) in [6, 6.07) is 14.0. The van der Waals surface area contributed by atoms with Gasteiger partial charge in [0.2, 0.25) is 5.91 Å². The van der Waals surface area contributed by atoms with Gasteiger partial charge in [-0.1, -0.05) is 18.2 Å². The van der Waals surface area contributed by atoms with Crippen molar-refractivity contribution < 1.29 is 9.21 Å². The van der Waals surface area contributed by atoms with Gasteiger partial charge >= 0.3 is 0 Å². The lowest BCUT2D eigenvalue weighted by Gasteiger charge is -2.36. The fourth-order valence-corrected chi connectivity index (χ4v) is 2.93. The molecule has 0 radical (unpaired) electrons. The van der Waals surface area contributed by atoms with E-state index in [0.717, 1.165) is 31.9 Å². The summed E-state index contributed by atoms with van der Waals surface area (Å²) in [7, 11) is 1.68. The normalized spacial score (nSPS) is 15.0. The summed E-state index contributed by atoms with van der Waals surface area (Å²) in [5.74, 6) is 1.48. The van der Waals surface area contributed by atoms with Crippen molar-refractivity contribution in [2.75, 3.05) is 44.7 Å². The van der Waals surface area contributed by atoms with Gasteiger partial charge in [0.25, 0.3) is 0 Å². The predicted molar refractivity (Wildman–Crippen MR) is 102 cm³/mol. The van der Waals surface area contributed by atoms with Crippen molar-refractivity contribution in [2.24, 2.45) is 4.99 Å². The van der Waals surface area contributed by atoms with E-state index in [4.69, 9.17) is 4.42 Å². The molecule has 1 aromatic heterocycles. The molecule has 2 heterocycles. The van der Waals surface area contributed by atoms with Gasteiger partial charge < -0.3 is 24.9 Å². The summed E-state index contributed by atoms with van der Waals surface area (Å²) in [6.45, 7) is 3.91. The third-order valence-corrected chi connectivity index (χ3v) is 4.39. The lowest BCUT2D eigenvalue weighted by Crippen LogP contribution is -2.52. The van der Waals surface area contributed by atoms with Crippen LogP contribution < -0.4 is 15.5 Å². The van der Waals surface area contributed by atoms with Crippen LogP contribution in [0.2, 0.25) is 0 Å². The first-order valence-corrected chi connectivity index (χ1v) is 8.81. The second-order valence-electron chi connectivity index (χ2n) is 6.06. The maximum atomic E-state index is 12.4. The number of furan rings is 1. The van der Waals surface area contributed by atoms with Crippen LogP contribution in [-0.2, 0) is 11.3 Å². The number of nitrogens with one attached hydrogen (secondary N) is 2. The number of hydrogen-bond donors (Lipinski definition) is 2. The number of hydrogen-bond acceptors (Lipinski definition) is 4. The Bertz CT molecular complexity index is 707. The Morgan fingerprint density at radius 1 is 1.08 bits per heavy atom. The SMILES string of the molecule is CN=C(NCC(=O)N1CCN(c2ccccc2)CC1)NCc1ccco1. The molecule has 1 aliphatic rings. The summed E-state index contributed by atoms with van der Waals surface area (Å²) in [4.78, 5) is 20.8. The molecule has 0 atom stereocenters. The highest BCUT2D eigenvalue weighted by Crippen LogP contribution is 2.15. The first-order chi connectivity index (χ1) is 12.8. The second-order valence-corrected chi connectivity index (χ2v) is 6.06. The van der Waals surface area contributed by atoms with Crippen LogP contribution in [0.5, 0.6) is 0 Å². The molecule has 2 N–H and O–H groups in total. The third-order valence-electron chi connectivity index (χ3n) is 4.39. The highest BCUT2D eigenvalue weighted by atomic mass is 16.3. The summed E-state index contributed by atoms with van der Waals surface area (Å²) >= 11 is 0. The average molecular weight is 355 g/mol. The Hall–Kier alpha value is -2.96. The van der Waals surface area contributed by atoms with E-state index in [1.807, 2.05) is 35.2 Å². The smallest absolute Gasteiger partial charge is 0.242 e. The minimum absolute atomic E-state index is 0.0821. The molecule has 1 aliphatic heterocycles. The summed E-state index contributed by atoms with van der Waals surface area (Å²) in [5, 5.41) is 6.19. The molecular weight excluding hydrogens is 330 g/mol. The van der Waals surface area contributed by atoms with Crippen LogP contribution in [0.1, 0.15) is 5.76 Å². The van der Waals surface area contributed by atoms with Crippen molar-refractivity contribution in [1.29, 1.82) is 0 Å². The van der Waals surface area contributed by atoms with Crippen LogP contribution in [0.25, 0.3) is 0 Å². The van der Waals surface area contributed by atoms with E-state index in [2.05, 4.69) is 32.7 Å². The van der Waals surface area contributed by atoms with Crippen molar-refractivity contribution in [3.05, 3.63) is 54.5 Å². The topological polar surface area (TPSA) is 73.1 Å². The van der Waals surface area contributed by atoms with E-state index >= 15 is 0 Å². The number of carbonyl (C=O) groups is 1. The first kappa shape index (κ1) is 17.8. The van der Waals surface area contributed by atoms with E-state index in [9.17, 15) is 4.79 Å². The minimum atomic E-state index is 0.0821. The molecule has 1 fully saturated rings. The van der Waals surface area contributed by atoms with Gasteiger partial charge in [-0.05, 0) is 24.3 Å². The highest BCUT2D eigenvalue weighted by molar-refractivity contribution is 5.86. The number of para-hydroxylation sites is 1. The fraction of sp³-hybridized carbons (Fsp3) is 0.368. The van der Waals surface area contributed by atoms with Crippen molar-refractivity contribution >= 4 is 17.6 Å². The van der Waals surface area contributed by atoms with E-state index in [0.29, 0.717) is 12.5 Å². The van der Waals surface area contributed by atoms with Crippen LogP contribution in [0, 0.1) is 0 Å². The van der Waals surface area contributed by atoms with Gasteiger partial charge in [0, 0.05) is 38.9 Å². The number of anilines is 1. The molecule has 0 aliphatic carbocycles. The van der Waals surface area contributed by atoms with E-state index in [1.165, 1.54) is 5.69 Å². The lowest BCUT2D eigenvalue weighted by atomic mass is 10.2. The molecule has 0 unspecified atom stereocenters. The van der Waals surface area contributed by atoms with E-state index in [-0.39, 0.29) is 12.5 Å². The zero-order valence-corrected chi connectivity index (χ0v) is 15.0. The first-order valence-electron chi connectivity index (χ1n) is 8.81. The Labute approximate surface area is 153 Å². The molecule has 26 heavy (non-hydrogen) atoms. The third kappa shape index (κ3) is 4.78. The predicted octanol–water partition coefficient (Wildman–Crippen LogP) is 1.29. The van der Waals surface area contributed by atoms with Crippen molar-refractivity contribution in [1.82, 2.24) is 15.5 Å². The number of guanidine groups is 1. The molecule has 0 spiro atoms. The second kappa shape index (κ2) is 8.94. The molecule has 1 aromatic carbocycles. The average Bonchev–Trinajstić information content (AvgIpc) is 3.22. The minimum Gasteiger partial charge on any atom is -0.467 e. The molecule has 2 aromatic rings. The zero-order valence-electron chi connectivity index (χ0n) is 15.0. The van der Waals surface area contributed by atoms with Gasteiger partial charge in [0.05, 0.1) is 19.4 Å². The molecule has 7 nitrogen and oxygen atoms in total. The standard InChI is InChI=1S/C19H25N5O2/c1-20-19(21-14-17-8-5-13-26-17)22-15-18(25)24-11-9-23(10-12-24)16-6-3-2-4-7-16/h2-8,13H,9-12,14-15H2,1H3,(H2,20,21,22). The largest absolute Gasteiger partial charge is 0.467 e. The molecule has 3 rings (SSSR count). The summed E-state index contributed by atoms with van der Waals surface area (Å²) in [5.41, 5.74) is 1.21. The lowest BCUT2D eigenvalue weighted by molar-refractivity contribution is -0.130. The van der Waals surface area contributed by atoms with Crippen LogP contribution in [0.15, 0.2) is 58.1 Å². The maximum Gasteiger partial charge on any atom is 0.242 e. The number of carbonyl (C=O) groups excluding carboxylic acids is 1. The quantitative estimate of drug-likeness (QED) is 0.625. The van der Waals surface area contributed by atoms with Crippen molar-refractivity contribution in [2.45, 2.75) is 6.54 Å². The number of rotatable bonds is 5. The molecule has 0 saturated carbocycles. The van der Waals surface area contributed by atoms with Crippen LogP contribution >= 0.6 is 0 Å². The van der Waals surface area contributed by atoms with Gasteiger partial charge in [-0.15, -0.1) is 0 Å². The number of nitrogens with zero attached hydrogens (tertiary/aromatic N) is 3. The monoisotopic (exact) mass is 355 g/mol. The molecule has 7 heteroatoms. The van der Waals surface area contributed by atoms with Gasteiger partial charge in [0.15, 0.2) is 5.96 Å². The Morgan fingerprint density at radius 2 is 1.85 bits per heavy atom. The zero-order chi connectivity index (χ0) is 18.2. The summed E-state index contributed by atoms with van der Waals surface area (Å²) in [6.07, 6.45) is 1.63.